The number of aromatic nitrogens is 2. The molecule has 122 valence electrons. The van der Waals surface area contributed by atoms with Crippen molar-refractivity contribution >= 4 is 23.5 Å². The lowest BCUT2D eigenvalue weighted by molar-refractivity contribution is 0.0263. The van der Waals surface area contributed by atoms with Crippen LogP contribution >= 0.6 is 11.6 Å². The first-order chi connectivity index (χ1) is 10.3. The summed E-state index contributed by atoms with van der Waals surface area (Å²) >= 11 is 5.90. The maximum Gasteiger partial charge on any atom is 0.410 e. The number of aryl methyl sites for hydroxylation is 1. The Kier molecular flexibility index (Phi) is 5.11. The molecule has 1 fully saturated rings. The van der Waals surface area contributed by atoms with E-state index in [0.29, 0.717) is 19.6 Å². The fourth-order valence-corrected chi connectivity index (χ4v) is 2.50. The Labute approximate surface area is 136 Å². The summed E-state index contributed by atoms with van der Waals surface area (Å²) in [5.74, 6) is 0.839. The van der Waals surface area contributed by atoms with E-state index in [1.807, 2.05) is 27.7 Å². The van der Waals surface area contributed by atoms with Gasteiger partial charge in [-0.3, -0.25) is 0 Å². The zero-order valence-electron chi connectivity index (χ0n) is 13.6. The molecule has 1 aromatic heterocycles. The molecule has 7 heteroatoms. The minimum Gasteiger partial charge on any atom is -0.444 e. The van der Waals surface area contributed by atoms with Crippen molar-refractivity contribution in [3.8, 4) is 0 Å². The van der Waals surface area contributed by atoms with Gasteiger partial charge >= 0.3 is 6.09 Å². The fourth-order valence-electron chi connectivity index (χ4n) is 2.37. The molecule has 6 nitrogen and oxygen atoms in total. The molecule has 1 aliphatic heterocycles. The third-order valence-corrected chi connectivity index (χ3v) is 3.54. The first-order valence-corrected chi connectivity index (χ1v) is 7.86. The van der Waals surface area contributed by atoms with Crippen molar-refractivity contribution in [1.82, 2.24) is 14.9 Å². The van der Waals surface area contributed by atoms with Crippen LogP contribution in [0.15, 0.2) is 6.20 Å². The predicted octanol–water partition coefficient (Wildman–Crippen LogP) is 2.89. The smallest absolute Gasteiger partial charge is 0.410 e. The van der Waals surface area contributed by atoms with Gasteiger partial charge < -0.3 is 14.5 Å². The number of hydrogen-bond acceptors (Lipinski definition) is 5. The summed E-state index contributed by atoms with van der Waals surface area (Å²) in [7, 11) is 0. The number of hydrogen-bond donors (Lipinski definition) is 0. The zero-order chi connectivity index (χ0) is 16.3. The number of carbonyl (C=O) groups excluding carboxylic acids is 1. The first kappa shape index (κ1) is 16.8. The van der Waals surface area contributed by atoms with Crippen molar-refractivity contribution in [3.63, 3.8) is 0 Å². The molecule has 0 unspecified atom stereocenters. The largest absolute Gasteiger partial charge is 0.444 e. The summed E-state index contributed by atoms with van der Waals surface area (Å²) in [5, 5.41) is 0.244. The number of nitrogens with zero attached hydrogens (tertiary/aromatic N) is 4. The molecule has 22 heavy (non-hydrogen) atoms. The van der Waals surface area contributed by atoms with E-state index in [2.05, 4.69) is 14.9 Å². The molecule has 2 rings (SSSR count). The number of ether oxygens (including phenoxy) is 1. The number of anilines is 1. The lowest BCUT2D eigenvalue weighted by Crippen LogP contribution is -2.39. The quantitative estimate of drug-likeness (QED) is 0.743. The van der Waals surface area contributed by atoms with Gasteiger partial charge in [-0.25, -0.2) is 14.8 Å². The van der Waals surface area contributed by atoms with Crippen LogP contribution in [0.25, 0.3) is 0 Å². The molecule has 0 saturated carbocycles. The van der Waals surface area contributed by atoms with E-state index in [-0.39, 0.29) is 11.4 Å². The molecule has 0 aromatic carbocycles. The van der Waals surface area contributed by atoms with Crippen molar-refractivity contribution in [2.24, 2.45) is 0 Å². The van der Waals surface area contributed by atoms with Crippen LogP contribution in [0.3, 0.4) is 0 Å². The minimum atomic E-state index is -0.472. The normalized spacial score (nSPS) is 16.4. The number of carbonyl (C=O) groups is 1. The van der Waals surface area contributed by atoms with E-state index in [1.165, 1.54) is 0 Å². The van der Waals surface area contributed by atoms with Crippen molar-refractivity contribution < 1.29 is 9.53 Å². The third kappa shape index (κ3) is 4.47. The third-order valence-electron chi connectivity index (χ3n) is 3.36. The molecule has 1 aliphatic rings. The maximum atomic E-state index is 12.2. The Bertz CT molecular complexity index is 545. The number of halogens is 1. The second-order valence-corrected chi connectivity index (χ2v) is 6.79. The van der Waals surface area contributed by atoms with Crippen molar-refractivity contribution in [2.45, 2.75) is 39.7 Å². The first-order valence-electron chi connectivity index (χ1n) is 7.48. The van der Waals surface area contributed by atoms with Gasteiger partial charge in [-0.15, -0.1) is 0 Å². The lowest BCUT2D eigenvalue weighted by atomic mass is 10.2. The summed E-state index contributed by atoms with van der Waals surface area (Å²) in [6.45, 7) is 10.4. The Morgan fingerprint density at radius 2 is 2.00 bits per heavy atom. The van der Waals surface area contributed by atoms with E-state index < -0.39 is 5.60 Å². The molecule has 0 spiro atoms. The highest BCUT2D eigenvalue weighted by molar-refractivity contribution is 6.28. The van der Waals surface area contributed by atoms with Crippen LogP contribution < -0.4 is 4.90 Å². The summed E-state index contributed by atoms with van der Waals surface area (Å²) in [6, 6.07) is 0. The fraction of sp³-hybridized carbons (Fsp3) is 0.667. The van der Waals surface area contributed by atoms with Crippen molar-refractivity contribution in [1.29, 1.82) is 0 Å². The topological polar surface area (TPSA) is 58.6 Å². The van der Waals surface area contributed by atoms with Gasteiger partial charge in [-0.1, -0.05) is 0 Å². The molecular weight excluding hydrogens is 304 g/mol. The molecule has 1 amide bonds. The summed E-state index contributed by atoms with van der Waals surface area (Å²) in [6.07, 6.45) is 2.33. The second-order valence-electron chi connectivity index (χ2n) is 6.45. The molecule has 0 atom stereocenters. The van der Waals surface area contributed by atoms with E-state index in [1.54, 1.807) is 11.1 Å². The molecule has 0 N–H and O–H groups in total. The Balaban J connectivity index is 2.03. The van der Waals surface area contributed by atoms with Gasteiger partial charge in [0.25, 0.3) is 0 Å². The van der Waals surface area contributed by atoms with Crippen LogP contribution in [0.1, 0.15) is 32.8 Å². The van der Waals surface area contributed by atoms with Crippen LogP contribution in [0, 0.1) is 6.92 Å². The van der Waals surface area contributed by atoms with E-state index in [0.717, 1.165) is 24.3 Å². The highest BCUT2D eigenvalue weighted by atomic mass is 35.5. The molecule has 0 radical (unpaired) electrons. The van der Waals surface area contributed by atoms with Gasteiger partial charge in [0.15, 0.2) is 0 Å². The highest BCUT2D eigenvalue weighted by Gasteiger charge is 2.25. The standard InChI is InChI=1S/C15H23ClN4O2/c1-11-10-17-13(16)18-12(11)19-6-5-7-20(9-8-19)14(21)22-15(2,3)4/h10H,5-9H2,1-4H3. The van der Waals surface area contributed by atoms with Gasteiger partial charge in [0.2, 0.25) is 5.28 Å². The van der Waals surface area contributed by atoms with Crippen LogP contribution in [-0.2, 0) is 4.74 Å². The predicted molar refractivity (Wildman–Crippen MR) is 86.4 cm³/mol. The van der Waals surface area contributed by atoms with Gasteiger partial charge in [0, 0.05) is 37.9 Å². The van der Waals surface area contributed by atoms with Crippen LogP contribution in [0.5, 0.6) is 0 Å². The average molecular weight is 327 g/mol. The van der Waals surface area contributed by atoms with E-state index in [4.69, 9.17) is 16.3 Å². The highest BCUT2D eigenvalue weighted by Crippen LogP contribution is 2.20. The summed E-state index contributed by atoms with van der Waals surface area (Å²) < 4.78 is 5.44. The minimum absolute atomic E-state index is 0.244. The monoisotopic (exact) mass is 326 g/mol. The molecular formula is C15H23ClN4O2. The Morgan fingerprint density at radius 3 is 2.68 bits per heavy atom. The molecule has 1 aromatic rings. The SMILES string of the molecule is Cc1cnc(Cl)nc1N1CCCN(C(=O)OC(C)(C)C)CC1. The van der Waals surface area contributed by atoms with E-state index in [9.17, 15) is 4.79 Å². The average Bonchev–Trinajstić information content (AvgIpc) is 2.65. The number of rotatable bonds is 1. The summed E-state index contributed by atoms with van der Waals surface area (Å²) in [4.78, 5) is 24.4. The molecule has 0 aliphatic carbocycles. The van der Waals surface area contributed by atoms with Gasteiger partial charge in [-0.2, -0.15) is 0 Å². The van der Waals surface area contributed by atoms with Crippen LogP contribution in [0.4, 0.5) is 10.6 Å². The van der Waals surface area contributed by atoms with Gasteiger partial charge in [-0.05, 0) is 45.7 Å². The maximum absolute atomic E-state index is 12.2. The summed E-state index contributed by atoms with van der Waals surface area (Å²) in [5.41, 5.74) is 0.509. The van der Waals surface area contributed by atoms with Crippen LogP contribution in [-0.4, -0.2) is 52.7 Å². The van der Waals surface area contributed by atoms with Crippen LogP contribution in [0.2, 0.25) is 5.28 Å². The molecule has 1 saturated heterocycles. The van der Waals surface area contributed by atoms with E-state index >= 15 is 0 Å². The molecule has 2 heterocycles. The second kappa shape index (κ2) is 6.69. The van der Waals surface area contributed by atoms with Gasteiger partial charge in [0.1, 0.15) is 11.4 Å². The van der Waals surface area contributed by atoms with Gasteiger partial charge in [0.05, 0.1) is 0 Å². The van der Waals surface area contributed by atoms with Crippen molar-refractivity contribution in [2.75, 3.05) is 31.1 Å². The van der Waals surface area contributed by atoms with Crippen molar-refractivity contribution in [3.05, 3.63) is 17.0 Å². The lowest BCUT2D eigenvalue weighted by Gasteiger charge is -2.27. The zero-order valence-corrected chi connectivity index (χ0v) is 14.4. The Morgan fingerprint density at radius 1 is 1.27 bits per heavy atom. The molecule has 0 bridgehead atoms. The Hall–Kier alpha value is -1.56. The number of amides is 1.